The number of aryl methyl sites for hydroxylation is 1. The van der Waals surface area contributed by atoms with Crippen LogP contribution in [0.3, 0.4) is 0 Å². The maximum atomic E-state index is 12.4. The molecule has 0 bridgehead atoms. The molecule has 1 aromatic rings. The molecule has 1 aromatic carbocycles. The monoisotopic (exact) mass is 134 g/mol. The molecule has 0 atom stereocenters. The number of nitriles is 1. The summed E-state index contributed by atoms with van der Waals surface area (Å²) in [6.45, 7) is 1.72. The largest absolute Gasteiger partial charge is 0.207 e. The molecular formula is C8H5FN. The number of halogens is 1. The van der Waals surface area contributed by atoms with Crippen molar-refractivity contribution < 1.29 is 4.39 Å². The minimum Gasteiger partial charge on any atom is -0.207 e. The molecule has 0 unspecified atom stereocenters. The normalized spacial score (nSPS) is 8.90. The van der Waals surface area contributed by atoms with Gasteiger partial charge < -0.3 is 0 Å². The first-order chi connectivity index (χ1) is 4.74. The Bertz CT molecular complexity index is 286. The third-order valence-electron chi connectivity index (χ3n) is 1.23. The highest BCUT2D eigenvalue weighted by atomic mass is 19.1. The molecule has 0 aliphatic carbocycles. The van der Waals surface area contributed by atoms with Crippen molar-refractivity contribution in [2.45, 2.75) is 6.92 Å². The highest BCUT2D eigenvalue weighted by Gasteiger charge is 1.97. The molecule has 1 radical (unpaired) electrons. The Kier molecular flexibility index (Phi) is 1.68. The molecule has 0 aliphatic rings. The van der Waals surface area contributed by atoms with E-state index < -0.39 is 5.82 Å². The maximum Gasteiger partial charge on any atom is 0.125 e. The number of benzene rings is 1. The molecule has 0 heterocycles. The van der Waals surface area contributed by atoms with Crippen LogP contribution < -0.4 is 0 Å². The summed E-state index contributed by atoms with van der Waals surface area (Å²) in [5.41, 5.74) is 1.03. The fraction of sp³-hybridized carbons (Fsp3) is 0.125. The molecule has 0 saturated heterocycles. The van der Waals surface area contributed by atoms with E-state index in [1.807, 2.05) is 6.07 Å². The molecule has 49 valence electrons. The van der Waals surface area contributed by atoms with E-state index in [9.17, 15) is 4.39 Å². The van der Waals surface area contributed by atoms with Crippen LogP contribution in [0.5, 0.6) is 0 Å². The van der Waals surface area contributed by atoms with Gasteiger partial charge in [-0.15, -0.1) is 0 Å². The predicted molar refractivity (Wildman–Crippen MR) is 34.7 cm³/mol. The van der Waals surface area contributed by atoms with Gasteiger partial charge in [-0.1, -0.05) is 0 Å². The lowest BCUT2D eigenvalue weighted by atomic mass is 10.1. The van der Waals surface area contributed by atoms with Crippen LogP contribution in [-0.2, 0) is 0 Å². The van der Waals surface area contributed by atoms with Gasteiger partial charge in [0, 0.05) is 0 Å². The van der Waals surface area contributed by atoms with E-state index >= 15 is 0 Å². The van der Waals surface area contributed by atoms with Gasteiger partial charge in [-0.05, 0) is 30.7 Å². The summed E-state index contributed by atoms with van der Waals surface area (Å²) in [4.78, 5) is 0. The molecular weight excluding hydrogens is 129 g/mol. The van der Waals surface area contributed by atoms with E-state index in [0.29, 0.717) is 11.1 Å². The molecule has 1 nitrogen and oxygen atoms in total. The van der Waals surface area contributed by atoms with Crippen molar-refractivity contribution in [2.24, 2.45) is 0 Å². The SMILES string of the molecule is Cc1[c]cc(F)cc1C#N. The molecule has 0 amide bonds. The lowest BCUT2D eigenvalue weighted by Crippen LogP contribution is -1.83. The van der Waals surface area contributed by atoms with Crippen LogP contribution in [0.1, 0.15) is 11.1 Å². The van der Waals surface area contributed by atoms with Crippen LogP contribution in [0.4, 0.5) is 4.39 Å². The Morgan fingerprint density at radius 1 is 1.70 bits per heavy atom. The third kappa shape index (κ3) is 1.14. The van der Waals surface area contributed by atoms with Crippen molar-refractivity contribution in [2.75, 3.05) is 0 Å². The Hall–Kier alpha value is -1.36. The molecule has 10 heavy (non-hydrogen) atoms. The number of rotatable bonds is 0. The van der Waals surface area contributed by atoms with Gasteiger partial charge in [-0.2, -0.15) is 5.26 Å². The second kappa shape index (κ2) is 2.49. The van der Waals surface area contributed by atoms with Gasteiger partial charge in [-0.3, -0.25) is 0 Å². The number of hydrogen-bond donors (Lipinski definition) is 0. The highest BCUT2D eigenvalue weighted by molar-refractivity contribution is 5.35. The van der Waals surface area contributed by atoms with E-state index in [1.54, 1.807) is 6.92 Å². The Balaban J connectivity index is 3.25. The van der Waals surface area contributed by atoms with Crippen LogP contribution in [0.25, 0.3) is 0 Å². The molecule has 0 N–H and O–H groups in total. The van der Waals surface area contributed by atoms with Crippen molar-refractivity contribution in [1.82, 2.24) is 0 Å². The summed E-state index contributed by atoms with van der Waals surface area (Å²) in [7, 11) is 0. The van der Waals surface area contributed by atoms with Crippen molar-refractivity contribution in [3.05, 3.63) is 35.1 Å². The maximum absolute atomic E-state index is 12.4. The average Bonchev–Trinajstić information content (AvgIpc) is 1.94. The zero-order valence-electron chi connectivity index (χ0n) is 5.48. The van der Waals surface area contributed by atoms with E-state index in [-0.39, 0.29) is 0 Å². The van der Waals surface area contributed by atoms with Gasteiger partial charge >= 0.3 is 0 Å². The summed E-state index contributed by atoms with van der Waals surface area (Å²) in [6.07, 6.45) is 0. The van der Waals surface area contributed by atoms with E-state index in [0.717, 1.165) is 0 Å². The van der Waals surface area contributed by atoms with Crippen LogP contribution in [0.15, 0.2) is 12.1 Å². The lowest BCUT2D eigenvalue weighted by molar-refractivity contribution is 0.626. The summed E-state index contributed by atoms with van der Waals surface area (Å²) < 4.78 is 12.4. The van der Waals surface area contributed by atoms with Gasteiger partial charge in [-0.25, -0.2) is 4.39 Å². The topological polar surface area (TPSA) is 23.8 Å². The van der Waals surface area contributed by atoms with Crippen molar-refractivity contribution >= 4 is 0 Å². The second-order valence-corrected chi connectivity index (χ2v) is 1.97. The van der Waals surface area contributed by atoms with Gasteiger partial charge in [0.25, 0.3) is 0 Å². The van der Waals surface area contributed by atoms with Crippen LogP contribution >= 0.6 is 0 Å². The highest BCUT2D eigenvalue weighted by Crippen LogP contribution is 2.06. The number of nitrogens with zero attached hydrogens (tertiary/aromatic N) is 1. The summed E-state index contributed by atoms with van der Waals surface area (Å²) in [6, 6.07) is 6.91. The molecule has 0 spiro atoms. The first-order valence-electron chi connectivity index (χ1n) is 2.82. The van der Waals surface area contributed by atoms with Crippen LogP contribution in [0.2, 0.25) is 0 Å². The fourth-order valence-corrected chi connectivity index (χ4v) is 0.659. The van der Waals surface area contributed by atoms with E-state index in [4.69, 9.17) is 5.26 Å². The van der Waals surface area contributed by atoms with Crippen molar-refractivity contribution in [3.8, 4) is 6.07 Å². The second-order valence-electron chi connectivity index (χ2n) is 1.97. The zero-order chi connectivity index (χ0) is 7.56. The molecule has 0 aliphatic heterocycles. The molecule has 0 saturated carbocycles. The van der Waals surface area contributed by atoms with Crippen LogP contribution in [0, 0.1) is 30.1 Å². The van der Waals surface area contributed by atoms with Crippen molar-refractivity contribution in [3.63, 3.8) is 0 Å². The quantitative estimate of drug-likeness (QED) is 0.530. The van der Waals surface area contributed by atoms with Gasteiger partial charge in [0.15, 0.2) is 0 Å². The number of hydrogen-bond acceptors (Lipinski definition) is 1. The average molecular weight is 134 g/mol. The summed E-state index contributed by atoms with van der Waals surface area (Å²) in [5, 5.41) is 8.41. The standard InChI is InChI=1S/C8H5FN/c1-6-2-3-8(9)4-7(6)5-10/h3-4H,1H3. The fourth-order valence-electron chi connectivity index (χ4n) is 0.659. The van der Waals surface area contributed by atoms with Gasteiger partial charge in [0.05, 0.1) is 11.6 Å². The first kappa shape index (κ1) is 6.76. The van der Waals surface area contributed by atoms with E-state index in [2.05, 4.69) is 6.07 Å². The minimum absolute atomic E-state index is 0.347. The zero-order valence-corrected chi connectivity index (χ0v) is 5.48. The third-order valence-corrected chi connectivity index (χ3v) is 1.23. The summed E-state index contributed by atoms with van der Waals surface area (Å²) >= 11 is 0. The van der Waals surface area contributed by atoms with Gasteiger partial charge in [0.1, 0.15) is 5.82 Å². The Morgan fingerprint density at radius 3 is 2.90 bits per heavy atom. The first-order valence-corrected chi connectivity index (χ1v) is 2.82. The summed E-state index contributed by atoms with van der Waals surface area (Å²) in [5.74, 6) is -0.415. The van der Waals surface area contributed by atoms with Crippen molar-refractivity contribution in [1.29, 1.82) is 5.26 Å². The Labute approximate surface area is 58.7 Å². The minimum atomic E-state index is -0.415. The molecule has 1 rings (SSSR count). The smallest absolute Gasteiger partial charge is 0.125 e. The Morgan fingerprint density at radius 2 is 2.40 bits per heavy atom. The lowest BCUT2D eigenvalue weighted by Gasteiger charge is -1.92. The molecule has 2 heteroatoms. The van der Waals surface area contributed by atoms with Crippen LogP contribution in [-0.4, -0.2) is 0 Å². The van der Waals surface area contributed by atoms with Gasteiger partial charge in [0.2, 0.25) is 0 Å². The molecule has 0 fully saturated rings. The molecule has 0 aromatic heterocycles. The predicted octanol–water partition coefficient (Wildman–Crippen LogP) is 1.81. The van der Waals surface area contributed by atoms with E-state index in [1.165, 1.54) is 12.1 Å².